The minimum absolute atomic E-state index is 0.149. The van der Waals surface area contributed by atoms with E-state index >= 15 is 0 Å². The zero-order valence-electron chi connectivity index (χ0n) is 15.3. The van der Waals surface area contributed by atoms with Gasteiger partial charge in [0.05, 0.1) is 12.4 Å². The molecule has 0 saturated heterocycles. The van der Waals surface area contributed by atoms with Crippen molar-refractivity contribution in [1.29, 1.82) is 0 Å². The van der Waals surface area contributed by atoms with E-state index in [2.05, 4.69) is 40.3 Å². The summed E-state index contributed by atoms with van der Waals surface area (Å²) in [6.07, 6.45) is 10.5. The predicted octanol–water partition coefficient (Wildman–Crippen LogP) is 5.80. The van der Waals surface area contributed by atoms with E-state index in [0.29, 0.717) is 12.5 Å². The zero-order chi connectivity index (χ0) is 17.1. The molecule has 0 bridgehead atoms. The summed E-state index contributed by atoms with van der Waals surface area (Å²) < 4.78 is 8.28. The molecule has 0 amide bonds. The van der Waals surface area contributed by atoms with Gasteiger partial charge in [0.25, 0.3) is 0 Å². The first kappa shape index (κ1) is 24.9. The van der Waals surface area contributed by atoms with Crippen molar-refractivity contribution in [2.24, 2.45) is 5.92 Å². The third-order valence-electron chi connectivity index (χ3n) is 3.57. The van der Waals surface area contributed by atoms with Gasteiger partial charge in [-0.05, 0) is 12.3 Å². The Morgan fingerprint density at radius 3 is 1.95 bits per heavy atom. The molecule has 22 heavy (non-hydrogen) atoms. The summed E-state index contributed by atoms with van der Waals surface area (Å²) in [4.78, 5) is 10.8. The number of rotatable bonds is 13. The Bertz CT molecular complexity index is 219. The van der Waals surface area contributed by atoms with Crippen molar-refractivity contribution in [3.05, 3.63) is 0 Å². The molecule has 0 aromatic carbocycles. The Balaban J connectivity index is 0. The Labute approximate surface area is 155 Å². The second-order valence-corrected chi connectivity index (χ2v) is 10.3. The maximum atomic E-state index is 10.8. The fourth-order valence-corrected chi connectivity index (χ4v) is 6.13. The monoisotopic (exact) mass is 438 g/mol. The first-order valence-electron chi connectivity index (χ1n) is 9.13. The van der Waals surface area contributed by atoms with E-state index in [9.17, 15) is 4.79 Å². The van der Waals surface area contributed by atoms with Gasteiger partial charge in [0.2, 0.25) is 0 Å². The number of hydrogen-bond donors (Lipinski definition) is 1. The predicted molar refractivity (Wildman–Crippen MR) is 103 cm³/mol. The molecule has 0 N–H and O–H groups in total. The number of hydrogen-bond acceptors (Lipinski definition) is 3. The first-order chi connectivity index (χ1) is 10.7. The summed E-state index contributed by atoms with van der Waals surface area (Å²) in [5, 5.41) is 0. The molecule has 0 heterocycles. The van der Waals surface area contributed by atoms with Crippen LogP contribution in [-0.4, -0.2) is 39.5 Å². The van der Waals surface area contributed by atoms with Crippen LogP contribution in [0.2, 0.25) is 8.87 Å². The van der Waals surface area contributed by atoms with E-state index in [0.717, 1.165) is 12.8 Å². The molecule has 4 heteroatoms. The summed E-state index contributed by atoms with van der Waals surface area (Å²) in [6, 6.07) is 0. The van der Waals surface area contributed by atoms with Crippen molar-refractivity contribution >= 4 is 39.7 Å². The Morgan fingerprint density at radius 2 is 1.55 bits per heavy atom. The van der Waals surface area contributed by atoms with Gasteiger partial charge in [-0.25, -0.2) is 0 Å². The SMILES string of the molecule is CCCCC(CC)COC(=O)CS.CCC[CH2][Sn][CH2]CCC. The fraction of sp³-hybridized carbons (Fsp3) is 0.944. The number of ether oxygens (including phenoxy) is 1. The molecule has 0 aliphatic heterocycles. The topological polar surface area (TPSA) is 26.3 Å². The normalized spacial score (nSPS) is 11.5. The van der Waals surface area contributed by atoms with Crippen molar-refractivity contribution in [3.8, 4) is 0 Å². The van der Waals surface area contributed by atoms with Crippen LogP contribution in [0, 0.1) is 5.92 Å². The van der Waals surface area contributed by atoms with E-state index in [1.54, 1.807) is 8.87 Å². The van der Waals surface area contributed by atoms with Gasteiger partial charge in [-0.2, -0.15) is 12.6 Å². The number of unbranched alkanes of at least 4 members (excludes halogenated alkanes) is 3. The van der Waals surface area contributed by atoms with E-state index in [1.807, 2.05) is 0 Å². The summed E-state index contributed by atoms with van der Waals surface area (Å²) in [7, 11) is 0. The average molecular weight is 437 g/mol. The van der Waals surface area contributed by atoms with Crippen LogP contribution in [0.1, 0.15) is 79.1 Å². The number of carbonyl (C=O) groups excluding carboxylic acids is 1. The molecule has 0 saturated carbocycles. The van der Waals surface area contributed by atoms with Gasteiger partial charge in [0.1, 0.15) is 0 Å². The second-order valence-electron chi connectivity index (χ2n) is 5.71. The van der Waals surface area contributed by atoms with Gasteiger partial charge in [-0.1, -0.05) is 33.1 Å². The molecule has 0 spiro atoms. The number of carbonyl (C=O) groups is 1. The first-order valence-corrected chi connectivity index (χ1v) is 13.8. The fourth-order valence-electron chi connectivity index (χ4n) is 1.88. The summed E-state index contributed by atoms with van der Waals surface area (Å²) in [6.45, 7) is 9.45. The van der Waals surface area contributed by atoms with Crippen molar-refractivity contribution in [1.82, 2.24) is 0 Å². The second kappa shape index (κ2) is 21.6. The molecule has 0 aromatic rings. The molecule has 1 atom stereocenters. The molecule has 2 nitrogen and oxygen atoms in total. The van der Waals surface area contributed by atoms with E-state index in [4.69, 9.17) is 4.74 Å². The molecular weight excluding hydrogens is 399 g/mol. The standard InChI is InChI=1S/C10H20O2S.2C4H9.Sn/c1-3-5-6-9(4-2)7-12-10(11)8-13;2*1-3-4-2;/h9,13H,3-8H2,1-2H3;2*1,3-4H2,2H3;. The molecule has 2 radical (unpaired) electrons. The zero-order valence-corrected chi connectivity index (χ0v) is 19.1. The summed E-state index contributed by atoms with van der Waals surface area (Å²) in [5.74, 6) is 0.506. The van der Waals surface area contributed by atoms with Gasteiger partial charge >= 0.3 is 75.5 Å². The van der Waals surface area contributed by atoms with Gasteiger partial charge in [-0.15, -0.1) is 0 Å². The van der Waals surface area contributed by atoms with Crippen LogP contribution < -0.4 is 0 Å². The molecule has 1 unspecified atom stereocenters. The third-order valence-corrected chi connectivity index (χ3v) is 7.86. The van der Waals surface area contributed by atoms with Gasteiger partial charge < -0.3 is 4.74 Å². The van der Waals surface area contributed by atoms with Crippen LogP contribution in [0.4, 0.5) is 0 Å². The molecule has 0 aromatic heterocycles. The summed E-state index contributed by atoms with van der Waals surface area (Å²) >= 11 is 3.99. The van der Waals surface area contributed by atoms with E-state index in [-0.39, 0.29) is 32.9 Å². The van der Waals surface area contributed by atoms with Gasteiger partial charge in [0.15, 0.2) is 0 Å². The Kier molecular flexibility index (Phi) is 24.4. The molecule has 0 fully saturated rings. The van der Waals surface area contributed by atoms with Crippen LogP contribution in [0.5, 0.6) is 0 Å². The Morgan fingerprint density at radius 1 is 1.00 bits per heavy atom. The molecule has 0 rings (SSSR count). The van der Waals surface area contributed by atoms with Crippen molar-refractivity contribution in [2.45, 2.75) is 87.9 Å². The molecule has 0 aliphatic rings. The van der Waals surface area contributed by atoms with Crippen LogP contribution in [0.25, 0.3) is 0 Å². The average Bonchev–Trinajstić information content (AvgIpc) is 2.55. The van der Waals surface area contributed by atoms with Gasteiger partial charge in [0, 0.05) is 0 Å². The van der Waals surface area contributed by atoms with Crippen LogP contribution >= 0.6 is 12.6 Å². The minimum atomic E-state index is -0.210. The third kappa shape index (κ3) is 20.6. The maximum absolute atomic E-state index is 10.8. The molecule has 132 valence electrons. The molecule has 0 aliphatic carbocycles. The van der Waals surface area contributed by atoms with E-state index in [1.165, 1.54) is 38.5 Å². The van der Waals surface area contributed by atoms with Crippen molar-refractivity contribution in [2.75, 3.05) is 12.4 Å². The summed E-state index contributed by atoms with van der Waals surface area (Å²) in [5.41, 5.74) is 0. The van der Waals surface area contributed by atoms with Gasteiger partial charge in [-0.3, -0.25) is 4.79 Å². The van der Waals surface area contributed by atoms with E-state index < -0.39 is 0 Å². The molecular formula is C18H38O2SSn. The van der Waals surface area contributed by atoms with Crippen LogP contribution in [0.15, 0.2) is 0 Å². The van der Waals surface area contributed by atoms with Crippen LogP contribution in [0.3, 0.4) is 0 Å². The van der Waals surface area contributed by atoms with Crippen molar-refractivity contribution < 1.29 is 9.53 Å². The van der Waals surface area contributed by atoms with Crippen LogP contribution in [-0.2, 0) is 9.53 Å². The number of thiol groups is 1. The number of esters is 1. The quantitative estimate of drug-likeness (QED) is 0.171. The van der Waals surface area contributed by atoms with Crippen molar-refractivity contribution in [3.63, 3.8) is 0 Å². The Hall–Kier alpha value is 0.619.